The Kier molecular flexibility index (Phi) is 5.08. The number of Topliss-reactive ketones (excluding diaryl/α,β-unsaturated/α-hetero) is 1. The third-order valence-electron chi connectivity index (χ3n) is 4.49. The third kappa shape index (κ3) is 3.89. The first-order valence-electron chi connectivity index (χ1n) is 8.85. The zero-order valence-electron chi connectivity index (χ0n) is 15.2. The summed E-state index contributed by atoms with van der Waals surface area (Å²) in [5.41, 5.74) is 3.64. The number of nitrogens with zero attached hydrogens (tertiary/aromatic N) is 2. The fraction of sp³-hybridized carbons (Fsp3) is 0.143. The van der Waals surface area contributed by atoms with Gasteiger partial charge in [-0.25, -0.2) is 0 Å². The number of amidine groups is 1. The Morgan fingerprint density at radius 2 is 1.96 bits per heavy atom. The van der Waals surface area contributed by atoms with Crippen LogP contribution in [0.15, 0.2) is 64.9 Å². The van der Waals surface area contributed by atoms with Gasteiger partial charge in [0.2, 0.25) is 5.91 Å². The van der Waals surface area contributed by atoms with Gasteiger partial charge in [-0.05, 0) is 13.0 Å². The monoisotopic (exact) mass is 390 g/mol. The number of ketones is 1. The maximum absolute atomic E-state index is 12.4. The maximum atomic E-state index is 12.4. The lowest BCUT2D eigenvalue weighted by molar-refractivity contribution is -0.118. The smallest absolute Gasteiger partial charge is 0.240 e. The second-order valence-electron chi connectivity index (χ2n) is 6.53. The highest BCUT2D eigenvalue weighted by Gasteiger charge is 2.32. The fourth-order valence-electron chi connectivity index (χ4n) is 2.96. The molecule has 3 aromatic rings. The summed E-state index contributed by atoms with van der Waals surface area (Å²) in [6.07, 6.45) is 3.63. The number of hydrogen-bond acceptors (Lipinski definition) is 5. The highest BCUT2D eigenvalue weighted by atomic mass is 32.2. The van der Waals surface area contributed by atoms with Crippen molar-refractivity contribution in [2.24, 2.45) is 10.2 Å². The van der Waals surface area contributed by atoms with E-state index < -0.39 is 5.25 Å². The highest BCUT2D eigenvalue weighted by Crippen LogP contribution is 2.24. The molecule has 2 N–H and O–H groups in total. The lowest BCUT2D eigenvalue weighted by atomic mass is 10.0. The number of aryl methyl sites for hydroxylation is 1. The third-order valence-corrected chi connectivity index (χ3v) is 5.56. The van der Waals surface area contributed by atoms with Gasteiger partial charge in [-0.3, -0.25) is 9.59 Å². The molecule has 1 aromatic heterocycles. The first-order valence-corrected chi connectivity index (χ1v) is 9.72. The molecule has 0 bridgehead atoms. The Morgan fingerprint density at radius 3 is 2.79 bits per heavy atom. The summed E-state index contributed by atoms with van der Waals surface area (Å²) >= 11 is 1.23. The predicted molar refractivity (Wildman–Crippen MR) is 113 cm³/mol. The summed E-state index contributed by atoms with van der Waals surface area (Å²) < 4.78 is 0. The van der Waals surface area contributed by atoms with Crippen LogP contribution in [0.2, 0.25) is 0 Å². The van der Waals surface area contributed by atoms with E-state index >= 15 is 0 Å². The van der Waals surface area contributed by atoms with Crippen LogP contribution in [-0.4, -0.2) is 33.3 Å². The molecule has 28 heavy (non-hydrogen) atoms. The van der Waals surface area contributed by atoms with Crippen molar-refractivity contribution in [1.29, 1.82) is 0 Å². The van der Waals surface area contributed by atoms with Crippen LogP contribution >= 0.6 is 11.8 Å². The number of fused-ring (bicyclic) bond motifs is 1. The number of para-hydroxylation sites is 1. The number of H-pyrrole nitrogens is 1. The van der Waals surface area contributed by atoms with E-state index in [1.165, 1.54) is 11.8 Å². The molecule has 1 fully saturated rings. The summed E-state index contributed by atoms with van der Waals surface area (Å²) in [6.45, 7) is 1.97. The van der Waals surface area contributed by atoms with Gasteiger partial charge >= 0.3 is 0 Å². The molecule has 1 atom stereocenters. The van der Waals surface area contributed by atoms with E-state index in [0.29, 0.717) is 10.7 Å². The zero-order valence-corrected chi connectivity index (χ0v) is 16.0. The highest BCUT2D eigenvalue weighted by molar-refractivity contribution is 8.15. The van der Waals surface area contributed by atoms with Gasteiger partial charge < -0.3 is 10.3 Å². The minimum atomic E-state index is -0.490. The van der Waals surface area contributed by atoms with Crippen LogP contribution in [0.25, 0.3) is 10.9 Å². The van der Waals surface area contributed by atoms with Crippen molar-refractivity contribution in [3.8, 4) is 0 Å². The number of aromatic nitrogens is 1. The molecule has 4 rings (SSSR count). The second-order valence-corrected chi connectivity index (χ2v) is 7.72. The van der Waals surface area contributed by atoms with Gasteiger partial charge in [0, 0.05) is 34.6 Å². The number of rotatable bonds is 5. The standard InChI is InChI=1S/C21H18N4O2S/c1-13-6-8-14(9-7-13)18(26)10-19-20(27)24-21(28-19)25-23-12-15-11-22-17-5-3-2-4-16(15)17/h2-9,11-12,19,22H,10H2,1H3,(H,24,25,27)/b23-12+. The minimum Gasteiger partial charge on any atom is -0.361 e. The van der Waals surface area contributed by atoms with Gasteiger partial charge in [0.15, 0.2) is 11.0 Å². The maximum Gasteiger partial charge on any atom is 0.240 e. The van der Waals surface area contributed by atoms with E-state index in [0.717, 1.165) is 22.0 Å². The molecular weight excluding hydrogens is 372 g/mol. The second kappa shape index (κ2) is 7.82. The molecule has 1 aliphatic heterocycles. The number of carbonyl (C=O) groups is 2. The van der Waals surface area contributed by atoms with Gasteiger partial charge in [-0.15, -0.1) is 5.10 Å². The molecule has 1 aliphatic rings. The first-order chi connectivity index (χ1) is 13.6. The number of nitrogens with one attached hydrogen (secondary N) is 2. The Morgan fingerprint density at radius 1 is 1.18 bits per heavy atom. The molecule has 1 amide bonds. The van der Waals surface area contributed by atoms with Gasteiger partial charge in [-0.2, -0.15) is 5.10 Å². The van der Waals surface area contributed by atoms with E-state index in [9.17, 15) is 9.59 Å². The average molecular weight is 390 g/mol. The van der Waals surface area contributed by atoms with E-state index in [1.807, 2.05) is 49.5 Å². The molecule has 140 valence electrons. The van der Waals surface area contributed by atoms with E-state index in [4.69, 9.17) is 0 Å². The van der Waals surface area contributed by atoms with Crippen molar-refractivity contribution in [3.05, 3.63) is 71.4 Å². The quantitative estimate of drug-likeness (QED) is 0.396. The molecule has 6 nitrogen and oxygen atoms in total. The largest absolute Gasteiger partial charge is 0.361 e. The number of hydrogen-bond donors (Lipinski definition) is 2. The molecule has 1 unspecified atom stereocenters. The number of benzene rings is 2. The van der Waals surface area contributed by atoms with Crippen LogP contribution in [0.4, 0.5) is 0 Å². The molecule has 0 radical (unpaired) electrons. The van der Waals surface area contributed by atoms with E-state index in [-0.39, 0.29) is 18.1 Å². The van der Waals surface area contributed by atoms with Crippen LogP contribution < -0.4 is 5.32 Å². The van der Waals surface area contributed by atoms with Crippen molar-refractivity contribution in [2.45, 2.75) is 18.6 Å². The van der Waals surface area contributed by atoms with Crippen LogP contribution in [0.3, 0.4) is 0 Å². The minimum absolute atomic E-state index is 0.0591. The molecule has 7 heteroatoms. The Labute approximate surface area is 166 Å². The summed E-state index contributed by atoms with van der Waals surface area (Å²) in [6, 6.07) is 15.3. The molecule has 0 spiro atoms. The molecule has 0 saturated carbocycles. The summed E-state index contributed by atoms with van der Waals surface area (Å²) in [5, 5.41) is 11.8. The summed E-state index contributed by atoms with van der Waals surface area (Å²) in [5.74, 6) is -0.275. The van der Waals surface area contributed by atoms with Crippen LogP contribution in [0.1, 0.15) is 27.9 Å². The van der Waals surface area contributed by atoms with Crippen molar-refractivity contribution in [3.63, 3.8) is 0 Å². The first kappa shape index (κ1) is 18.2. The Hall–Kier alpha value is -3.19. The van der Waals surface area contributed by atoms with Crippen molar-refractivity contribution >= 4 is 45.7 Å². The van der Waals surface area contributed by atoms with Crippen molar-refractivity contribution in [1.82, 2.24) is 10.3 Å². The van der Waals surface area contributed by atoms with Crippen molar-refractivity contribution < 1.29 is 9.59 Å². The van der Waals surface area contributed by atoms with E-state index in [1.54, 1.807) is 18.3 Å². The van der Waals surface area contributed by atoms with Gasteiger partial charge in [-0.1, -0.05) is 59.8 Å². The molecule has 2 aromatic carbocycles. The number of aromatic amines is 1. The molecule has 0 aliphatic carbocycles. The number of thioether (sulfide) groups is 1. The zero-order chi connectivity index (χ0) is 19.5. The normalized spacial score (nSPS) is 18.2. The number of amides is 1. The Balaban J connectivity index is 1.41. The SMILES string of the molecule is Cc1ccc(C(=O)CC2S/C(=N/N=C/c3c[nH]c4ccccc34)NC2=O)cc1. The lowest BCUT2D eigenvalue weighted by Gasteiger charge is -2.04. The van der Waals surface area contributed by atoms with Gasteiger partial charge in [0.05, 0.1) is 11.5 Å². The molecular formula is C21H18N4O2S. The van der Waals surface area contributed by atoms with Crippen LogP contribution in [0.5, 0.6) is 0 Å². The van der Waals surface area contributed by atoms with Crippen molar-refractivity contribution in [2.75, 3.05) is 0 Å². The molecule has 1 saturated heterocycles. The van der Waals surface area contributed by atoms with Crippen LogP contribution in [0, 0.1) is 6.92 Å². The number of carbonyl (C=O) groups excluding carboxylic acids is 2. The summed E-state index contributed by atoms with van der Waals surface area (Å²) in [4.78, 5) is 27.7. The van der Waals surface area contributed by atoms with Crippen LogP contribution in [-0.2, 0) is 4.79 Å². The fourth-order valence-corrected chi connectivity index (χ4v) is 3.88. The predicted octanol–water partition coefficient (Wildman–Crippen LogP) is 3.67. The lowest BCUT2D eigenvalue weighted by Crippen LogP contribution is -2.26. The van der Waals surface area contributed by atoms with Gasteiger partial charge in [0.25, 0.3) is 0 Å². The average Bonchev–Trinajstić information content (AvgIpc) is 3.26. The summed E-state index contributed by atoms with van der Waals surface area (Å²) in [7, 11) is 0. The van der Waals surface area contributed by atoms with Gasteiger partial charge in [0.1, 0.15) is 0 Å². The topological polar surface area (TPSA) is 86.7 Å². The molecule has 2 heterocycles. The van der Waals surface area contributed by atoms with E-state index in [2.05, 4.69) is 20.5 Å². The Bertz CT molecular complexity index is 1100.